The Kier molecular flexibility index (Phi) is 4.66. The number of ketones is 1. The summed E-state index contributed by atoms with van der Waals surface area (Å²) in [5.74, 6) is -0.335. The van der Waals surface area contributed by atoms with Crippen LogP contribution in [0.2, 0.25) is 0 Å². The minimum absolute atomic E-state index is 0.335. The molecule has 0 spiro atoms. The van der Waals surface area contributed by atoms with Gasteiger partial charge in [-0.1, -0.05) is 60.2 Å². The van der Waals surface area contributed by atoms with E-state index < -0.39 is 12.2 Å². The number of carbonyl (C=O) groups excluding carboxylic acids is 1. The monoisotopic (exact) mass is 270 g/mol. The third kappa shape index (κ3) is 3.13. The van der Waals surface area contributed by atoms with Gasteiger partial charge in [-0.3, -0.25) is 4.79 Å². The molecule has 1 N–H and O–H groups in total. The van der Waals surface area contributed by atoms with Crippen LogP contribution in [-0.2, 0) is 4.74 Å². The average molecular weight is 270 g/mol. The highest BCUT2D eigenvalue weighted by molar-refractivity contribution is 5.99. The van der Waals surface area contributed by atoms with E-state index in [1.165, 1.54) is 7.11 Å². The molecule has 0 radical (unpaired) electrons. The minimum Gasteiger partial charge on any atom is -0.382 e. The summed E-state index contributed by atoms with van der Waals surface area (Å²) in [5.41, 5.74) is 2.39. The van der Waals surface area contributed by atoms with Gasteiger partial charge in [0.1, 0.15) is 12.2 Å². The predicted molar refractivity (Wildman–Crippen MR) is 77.7 cm³/mol. The summed E-state index contributed by atoms with van der Waals surface area (Å²) in [6.07, 6.45) is -1.88. The number of aliphatic hydroxyl groups excluding tert-OH is 1. The van der Waals surface area contributed by atoms with Crippen molar-refractivity contribution in [1.82, 2.24) is 0 Å². The molecule has 20 heavy (non-hydrogen) atoms. The molecule has 0 aromatic heterocycles. The second-order valence-electron chi connectivity index (χ2n) is 4.74. The van der Waals surface area contributed by atoms with E-state index in [-0.39, 0.29) is 5.78 Å². The zero-order valence-electron chi connectivity index (χ0n) is 11.6. The van der Waals surface area contributed by atoms with Gasteiger partial charge in [-0.2, -0.15) is 0 Å². The van der Waals surface area contributed by atoms with Crippen molar-refractivity contribution in [1.29, 1.82) is 0 Å². The maximum Gasteiger partial charge on any atom is 0.194 e. The van der Waals surface area contributed by atoms with Crippen LogP contribution in [-0.4, -0.2) is 24.1 Å². The number of benzene rings is 2. The van der Waals surface area contributed by atoms with Crippen LogP contribution in [0.1, 0.15) is 27.6 Å². The summed E-state index contributed by atoms with van der Waals surface area (Å²) in [5, 5.41) is 10.3. The van der Waals surface area contributed by atoms with Crippen molar-refractivity contribution in [3.05, 3.63) is 71.3 Å². The topological polar surface area (TPSA) is 46.5 Å². The fourth-order valence-electron chi connectivity index (χ4n) is 2.11. The molecule has 2 aromatic rings. The normalized spacial score (nSPS) is 13.8. The number of carbonyl (C=O) groups is 1. The molecule has 0 fully saturated rings. The van der Waals surface area contributed by atoms with E-state index in [0.29, 0.717) is 5.56 Å². The van der Waals surface area contributed by atoms with Crippen LogP contribution in [0.5, 0.6) is 0 Å². The molecule has 0 saturated carbocycles. The zero-order valence-corrected chi connectivity index (χ0v) is 11.6. The first-order valence-corrected chi connectivity index (χ1v) is 6.50. The lowest BCUT2D eigenvalue weighted by atomic mass is 9.96. The third-order valence-corrected chi connectivity index (χ3v) is 3.27. The molecule has 0 saturated heterocycles. The van der Waals surface area contributed by atoms with Gasteiger partial charge in [0.15, 0.2) is 5.78 Å². The van der Waals surface area contributed by atoms with Gasteiger partial charge in [0, 0.05) is 12.7 Å². The molecule has 0 bridgehead atoms. The highest BCUT2D eigenvalue weighted by Gasteiger charge is 2.28. The van der Waals surface area contributed by atoms with Gasteiger partial charge in [0.2, 0.25) is 0 Å². The lowest BCUT2D eigenvalue weighted by Gasteiger charge is -2.21. The summed E-state index contributed by atoms with van der Waals surface area (Å²) in [6.45, 7) is 1.98. The van der Waals surface area contributed by atoms with Gasteiger partial charge in [-0.25, -0.2) is 0 Å². The Morgan fingerprint density at radius 3 is 2.20 bits per heavy atom. The van der Waals surface area contributed by atoms with Crippen molar-refractivity contribution in [3.8, 4) is 0 Å². The number of aliphatic hydroxyl groups is 1. The first-order chi connectivity index (χ1) is 9.63. The van der Waals surface area contributed by atoms with Crippen LogP contribution in [0.25, 0.3) is 0 Å². The zero-order chi connectivity index (χ0) is 14.5. The molecule has 0 amide bonds. The number of Topliss-reactive ketones (excluding diaryl/α,β-unsaturated/α-hetero) is 1. The van der Waals surface area contributed by atoms with E-state index in [9.17, 15) is 9.90 Å². The van der Waals surface area contributed by atoms with Crippen molar-refractivity contribution in [2.45, 2.75) is 19.1 Å². The molecule has 0 aliphatic heterocycles. The summed E-state index contributed by atoms with van der Waals surface area (Å²) in [4.78, 5) is 12.3. The Balaban J connectivity index is 2.23. The summed E-state index contributed by atoms with van der Waals surface area (Å²) < 4.78 is 5.31. The molecular weight excluding hydrogens is 252 g/mol. The molecule has 0 heterocycles. The molecule has 3 heteroatoms. The Morgan fingerprint density at radius 2 is 1.65 bits per heavy atom. The minimum atomic E-state index is -1.22. The largest absolute Gasteiger partial charge is 0.382 e. The first-order valence-electron chi connectivity index (χ1n) is 6.50. The molecule has 0 aliphatic rings. The lowest BCUT2D eigenvalue weighted by molar-refractivity contribution is -0.00431. The van der Waals surface area contributed by atoms with Gasteiger partial charge < -0.3 is 9.84 Å². The van der Waals surface area contributed by atoms with Gasteiger partial charge in [0.05, 0.1) is 0 Å². The van der Waals surface area contributed by atoms with Crippen molar-refractivity contribution in [3.63, 3.8) is 0 Å². The van der Waals surface area contributed by atoms with Crippen LogP contribution >= 0.6 is 0 Å². The van der Waals surface area contributed by atoms with Crippen molar-refractivity contribution >= 4 is 5.78 Å². The van der Waals surface area contributed by atoms with Crippen molar-refractivity contribution in [2.24, 2.45) is 0 Å². The van der Waals surface area contributed by atoms with Crippen LogP contribution in [0.4, 0.5) is 0 Å². The number of hydrogen-bond donors (Lipinski definition) is 1. The van der Waals surface area contributed by atoms with Gasteiger partial charge in [-0.15, -0.1) is 0 Å². The Hall–Kier alpha value is -1.97. The molecule has 2 atom stereocenters. The molecule has 104 valence electrons. The second-order valence-corrected chi connectivity index (χ2v) is 4.74. The van der Waals surface area contributed by atoms with E-state index in [0.717, 1.165) is 11.1 Å². The van der Waals surface area contributed by atoms with E-state index in [4.69, 9.17) is 4.74 Å². The average Bonchev–Trinajstić information content (AvgIpc) is 2.50. The van der Waals surface area contributed by atoms with Crippen LogP contribution < -0.4 is 0 Å². The van der Waals surface area contributed by atoms with Gasteiger partial charge in [0.25, 0.3) is 0 Å². The number of hydrogen-bond acceptors (Lipinski definition) is 3. The van der Waals surface area contributed by atoms with Gasteiger partial charge >= 0.3 is 0 Å². The SMILES string of the molecule is CO[C@@H](c1ccc(C)cc1)[C@@H](O)C(=O)c1ccccc1. The maximum absolute atomic E-state index is 12.3. The number of aryl methyl sites for hydroxylation is 1. The van der Waals surface area contributed by atoms with E-state index in [2.05, 4.69) is 0 Å². The Labute approximate surface area is 118 Å². The lowest BCUT2D eigenvalue weighted by Crippen LogP contribution is -2.29. The van der Waals surface area contributed by atoms with E-state index >= 15 is 0 Å². The Morgan fingerprint density at radius 1 is 1.05 bits per heavy atom. The van der Waals surface area contributed by atoms with Crippen molar-refractivity contribution < 1.29 is 14.6 Å². The third-order valence-electron chi connectivity index (χ3n) is 3.27. The molecule has 2 aromatic carbocycles. The van der Waals surface area contributed by atoms with Crippen LogP contribution in [0, 0.1) is 6.92 Å². The first kappa shape index (κ1) is 14.4. The fraction of sp³-hybridized carbons (Fsp3) is 0.235. The number of methoxy groups -OCH3 is 1. The highest BCUT2D eigenvalue weighted by Crippen LogP contribution is 2.23. The summed E-state index contributed by atoms with van der Waals surface area (Å²) in [7, 11) is 1.49. The molecule has 3 nitrogen and oxygen atoms in total. The molecular formula is C17H18O3. The fourth-order valence-corrected chi connectivity index (χ4v) is 2.11. The summed E-state index contributed by atoms with van der Waals surface area (Å²) >= 11 is 0. The predicted octanol–water partition coefficient (Wildman–Crippen LogP) is 2.93. The molecule has 2 rings (SSSR count). The van der Waals surface area contributed by atoms with Crippen LogP contribution in [0.3, 0.4) is 0 Å². The standard InChI is InChI=1S/C17H18O3/c1-12-8-10-14(11-9-12)17(20-2)16(19)15(18)13-6-4-3-5-7-13/h3-11,16-17,19H,1-2H3/t16-,17-/m0/s1. The van der Waals surface area contributed by atoms with Gasteiger partial charge in [-0.05, 0) is 12.5 Å². The van der Waals surface area contributed by atoms with E-state index in [1.807, 2.05) is 37.3 Å². The summed E-state index contributed by atoms with van der Waals surface area (Å²) in [6, 6.07) is 16.3. The Bertz CT molecular complexity index is 561. The van der Waals surface area contributed by atoms with Crippen LogP contribution in [0.15, 0.2) is 54.6 Å². The number of ether oxygens (including phenoxy) is 1. The molecule has 0 aliphatic carbocycles. The quantitative estimate of drug-likeness (QED) is 0.850. The van der Waals surface area contributed by atoms with E-state index in [1.54, 1.807) is 24.3 Å². The molecule has 0 unspecified atom stereocenters. The smallest absolute Gasteiger partial charge is 0.194 e. The van der Waals surface area contributed by atoms with Crippen molar-refractivity contribution in [2.75, 3.05) is 7.11 Å². The number of rotatable bonds is 5. The second kappa shape index (κ2) is 6.46. The highest BCUT2D eigenvalue weighted by atomic mass is 16.5. The maximum atomic E-state index is 12.3.